The molecule has 1 heterocycles. The second-order valence-corrected chi connectivity index (χ2v) is 5.18. The van der Waals surface area contributed by atoms with Gasteiger partial charge in [0.1, 0.15) is 5.15 Å². The highest BCUT2D eigenvalue weighted by molar-refractivity contribution is 6.35. The van der Waals surface area contributed by atoms with Crippen LogP contribution in [0.1, 0.15) is 24.2 Å². The Kier molecular flexibility index (Phi) is 5.57. The molecule has 1 rings (SSSR count). The van der Waals surface area contributed by atoms with Crippen molar-refractivity contribution < 1.29 is 14.7 Å². The van der Waals surface area contributed by atoms with Gasteiger partial charge in [0, 0.05) is 12.7 Å². The summed E-state index contributed by atoms with van der Waals surface area (Å²) in [6, 6.07) is 1.34. The lowest BCUT2D eigenvalue weighted by atomic mass is 9.96. The van der Waals surface area contributed by atoms with Crippen LogP contribution in [0.4, 0.5) is 0 Å². The molecule has 0 radical (unpaired) electrons. The normalized spacial score (nSPS) is 12.3. The van der Waals surface area contributed by atoms with Gasteiger partial charge in [0.25, 0.3) is 5.91 Å². The fourth-order valence-corrected chi connectivity index (χ4v) is 1.84. The van der Waals surface area contributed by atoms with E-state index in [0.29, 0.717) is 0 Å². The van der Waals surface area contributed by atoms with Crippen molar-refractivity contribution in [1.29, 1.82) is 0 Å². The molecule has 2 N–H and O–H groups in total. The van der Waals surface area contributed by atoms with Gasteiger partial charge in [-0.3, -0.25) is 9.59 Å². The lowest BCUT2D eigenvalue weighted by Gasteiger charge is -2.16. The highest BCUT2D eigenvalue weighted by Crippen LogP contribution is 2.18. The zero-order chi connectivity index (χ0) is 14.6. The first-order chi connectivity index (χ1) is 8.82. The molecule has 0 saturated heterocycles. The van der Waals surface area contributed by atoms with Crippen LogP contribution in [-0.2, 0) is 4.79 Å². The maximum Gasteiger partial charge on any atom is 0.308 e. The number of nitrogens with zero attached hydrogens (tertiary/aromatic N) is 1. The number of carboxylic acids is 1. The summed E-state index contributed by atoms with van der Waals surface area (Å²) in [4.78, 5) is 26.6. The van der Waals surface area contributed by atoms with Crippen molar-refractivity contribution >= 4 is 35.1 Å². The third kappa shape index (κ3) is 4.36. The molecule has 0 bridgehead atoms. The van der Waals surface area contributed by atoms with Gasteiger partial charge in [-0.15, -0.1) is 0 Å². The number of halogens is 2. The molecule has 0 aliphatic heterocycles. The van der Waals surface area contributed by atoms with E-state index in [1.807, 2.05) is 0 Å². The van der Waals surface area contributed by atoms with Crippen LogP contribution in [0.25, 0.3) is 0 Å². The van der Waals surface area contributed by atoms with Crippen molar-refractivity contribution in [2.45, 2.75) is 13.8 Å². The zero-order valence-electron chi connectivity index (χ0n) is 10.5. The molecule has 0 saturated carbocycles. The van der Waals surface area contributed by atoms with Crippen molar-refractivity contribution in [2.24, 2.45) is 11.8 Å². The average molecular weight is 305 g/mol. The fraction of sp³-hybridized carbons (Fsp3) is 0.417. The quantitative estimate of drug-likeness (QED) is 0.819. The van der Waals surface area contributed by atoms with Gasteiger partial charge in [0.15, 0.2) is 0 Å². The number of hydrogen-bond donors (Lipinski definition) is 2. The number of rotatable bonds is 5. The summed E-state index contributed by atoms with van der Waals surface area (Å²) in [5, 5.41) is 11.9. The molecule has 1 aromatic heterocycles. The topological polar surface area (TPSA) is 79.3 Å². The maximum absolute atomic E-state index is 11.9. The number of carbonyl (C=O) groups excluding carboxylic acids is 1. The van der Waals surface area contributed by atoms with E-state index in [0.717, 1.165) is 0 Å². The second-order valence-electron chi connectivity index (χ2n) is 4.39. The molecule has 0 aromatic carbocycles. The molecule has 0 aliphatic rings. The molecule has 104 valence electrons. The monoisotopic (exact) mass is 304 g/mol. The van der Waals surface area contributed by atoms with Crippen molar-refractivity contribution in [2.75, 3.05) is 6.54 Å². The summed E-state index contributed by atoms with van der Waals surface area (Å²) < 4.78 is 0. The third-order valence-corrected chi connectivity index (χ3v) is 3.18. The standard InChI is InChI=1S/C12H14Cl2N2O3/c1-6(2)8(12(18)19)4-16-11(17)7-3-10(14)15-5-9(7)13/h3,5-6,8H,4H2,1-2H3,(H,16,17)(H,18,19). The van der Waals surface area contributed by atoms with Crippen molar-refractivity contribution in [1.82, 2.24) is 10.3 Å². The molecule has 19 heavy (non-hydrogen) atoms. The average Bonchev–Trinajstić information content (AvgIpc) is 2.31. The largest absolute Gasteiger partial charge is 0.481 e. The van der Waals surface area contributed by atoms with Crippen LogP contribution in [0.15, 0.2) is 12.3 Å². The Morgan fingerprint density at radius 3 is 2.58 bits per heavy atom. The zero-order valence-corrected chi connectivity index (χ0v) is 12.0. The van der Waals surface area contributed by atoms with Crippen LogP contribution in [0, 0.1) is 11.8 Å². The molecule has 1 atom stereocenters. The Morgan fingerprint density at radius 1 is 1.42 bits per heavy atom. The van der Waals surface area contributed by atoms with Gasteiger partial charge in [-0.1, -0.05) is 37.0 Å². The number of nitrogens with one attached hydrogen (secondary N) is 1. The summed E-state index contributed by atoms with van der Waals surface area (Å²) in [6.45, 7) is 3.59. The lowest BCUT2D eigenvalue weighted by Crippen LogP contribution is -2.35. The highest BCUT2D eigenvalue weighted by atomic mass is 35.5. The Hall–Kier alpha value is -1.33. The molecular weight excluding hydrogens is 291 g/mol. The fourth-order valence-electron chi connectivity index (χ4n) is 1.49. The number of carbonyl (C=O) groups is 2. The summed E-state index contributed by atoms with van der Waals surface area (Å²) in [7, 11) is 0. The van der Waals surface area contributed by atoms with E-state index >= 15 is 0 Å². The molecular formula is C12H14Cl2N2O3. The summed E-state index contributed by atoms with van der Waals surface area (Å²) >= 11 is 11.5. The minimum atomic E-state index is -0.950. The number of aliphatic carboxylic acids is 1. The predicted octanol–water partition coefficient (Wildman–Crippen LogP) is 2.47. The number of aromatic nitrogens is 1. The Morgan fingerprint density at radius 2 is 2.05 bits per heavy atom. The summed E-state index contributed by atoms with van der Waals surface area (Å²) in [6.07, 6.45) is 1.27. The van der Waals surface area contributed by atoms with Gasteiger partial charge in [-0.05, 0) is 12.0 Å². The van der Waals surface area contributed by atoms with E-state index < -0.39 is 17.8 Å². The van der Waals surface area contributed by atoms with E-state index in [1.165, 1.54) is 12.3 Å². The van der Waals surface area contributed by atoms with Crippen LogP contribution >= 0.6 is 23.2 Å². The highest BCUT2D eigenvalue weighted by Gasteiger charge is 2.22. The van der Waals surface area contributed by atoms with Gasteiger partial charge < -0.3 is 10.4 Å². The number of pyridine rings is 1. The Bertz CT molecular complexity index is 492. The maximum atomic E-state index is 11.9. The predicted molar refractivity (Wildman–Crippen MR) is 72.6 cm³/mol. The van der Waals surface area contributed by atoms with Gasteiger partial charge in [0.2, 0.25) is 0 Å². The molecule has 1 amide bonds. The third-order valence-electron chi connectivity index (χ3n) is 2.67. The van der Waals surface area contributed by atoms with Gasteiger partial charge in [-0.25, -0.2) is 4.98 Å². The molecule has 1 unspecified atom stereocenters. The summed E-state index contributed by atoms with van der Waals surface area (Å²) in [5.74, 6) is -2.16. The molecule has 0 aliphatic carbocycles. The Balaban J connectivity index is 2.75. The van der Waals surface area contributed by atoms with Gasteiger partial charge in [-0.2, -0.15) is 0 Å². The first-order valence-corrected chi connectivity index (χ1v) is 6.40. The van der Waals surface area contributed by atoms with Crippen LogP contribution in [0.3, 0.4) is 0 Å². The molecule has 5 nitrogen and oxygen atoms in total. The minimum absolute atomic E-state index is 0.0299. The van der Waals surface area contributed by atoms with Crippen LogP contribution < -0.4 is 5.32 Å². The van der Waals surface area contributed by atoms with Crippen LogP contribution in [-0.4, -0.2) is 28.5 Å². The first kappa shape index (κ1) is 15.7. The van der Waals surface area contributed by atoms with Crippen molar-refractivity contribution in [3.05, 3.63) is 28.0 Å². The van der Waals surface area contributed by atoms with Crippen molar-refractivity contribution in [3.63, 3.8) is 0 Å². The lowest BCUT2D eigenvalue weighted by molar-refractivity contribution is -0.142. The molecule has 0 spiro atoms. The van der Waals surface area contributed by atoms with E-state index in [1.54, 1.807) is 13.8 Å². The van der Waals surface area contributed by atoms with Crippen molar-refractivity contribution in [3.8, 4) is 0 Å². The van der Waals surface area contributed by atoms with E-state index in [-0.39, 0.29) is 28.2 Å². The van der Waals surface area contributed by atoms with Crippen LogP contribution in [0.2, 0.25) is 10.2 Å². The minimum Gasteiger partial charge on any atom is -0.481 e. The SMILES string of the molecule is CC(C)C(CNC(=O)c1cc(Cl)ncc1Cl)C(=O)O. The second kappa shape index (κ2) is 6.73. The molecule has 7 heteroatoms. The first-order valence-electron chi connectivity index (χ1n) is 5.65. The van der Waals surface area contributed by atoms with E-state index in [9.17, 15) is 9.59 Å². The number of hydrogen-bond acceptors (Lipinski definition) is 3. The smallest absolute Gasteiger partial charge is 0.308 e. The molecule has 1 aromatic rings. The van der Waals surface area contributed by atoms with E-state index in [2.05, 4.69) is 10.3 Å². The Labute approximate surface area is 120 Å². The van der Waals surface area contributed by atoms with Gasteiger partial charge >= 0.3 is 5.97 Å². The molecule has 0 fully saturated rings. The summed E-state index contributed by atoms with van der Waals surface area (Å²) in [5.41, 5.74) is 0.176. The number of amides is 1. The van der Waals surface area contributed by atoms with E-state index in [4.69, 9.17) is 28.3 Å². The van der Waals surface area contributed by atoms with Crippen LogP contribution in [0.5, 0.6) is 0 Å². The number of carboxylic acid groups (broad SMARTS) is 1. The van der Waals surface area contributed by atoms with Gasteiger partial charge in [0.05, 0.1) is 16.5 Å².